The number of nitrogens with one attached hydrogen (secondary N) is 1. The Hall–Kier alpha value is -3.03. The number of nitrogens with zero attached hydrogens (tertiary/aromatic N) is 2. The average Bonchev–Trinajstić information content (AvgIpc) is 2.63. The highest BCUT2D eigenvalue weighted by atomic mass is 16.6. The minimum absolute atomic E-state index is 0.0251. The van der Waals surface area contributed by atoms with Gasteiger partial charge in [-0.25, -0.2) is 24.8 Å². The summed E-state index contributed by atoms with van der Waals surface area (Å²) in [5, 5.41) is 1.05. The number of hydrazine groups is 1. The zero-order valence-electron chi connectivity index (χ0n) is 17.1. The molecular formula is C20H29N3O5. The van der Waals surface area contributed by atoms with E-state index in [1.165, 1.54) is 18.1 Å². The van der Waals surface area contributed by atoms with Crippen molar-refractivity contribution in [3.8, 4) is 0 Å². The molecule has 1 atom stereocenters. The van der Waals surface area contributed by atoms with Crippen LogP contribution in [0.3, 0.4) is 0 Å². The number of hydrogen-bond donors (Lipinski definition) is 1. The Morgan fingerprint density at radius 1 is 1.21 bits per heavy atom. The molecule has 1 aromatic rings. The standard InChI is InChI=1S/C20H29N3O5/c1-7-13-23(21-18(25)28-20(3,4)5)19(26)22(15(2)17(24)27-6)14-16-11-9-8-10-12-16/h7-12,15H,1,13-14H2,2-6H3,(H,21,25)/t15-/m1/s1. The van der Waals surface area contributed by atoms with Gasteiger partial charge in [0.05, 0.1) is 13.7 Å². The average molecular weight is 391 g/mol. The van der Waals surface area contributed by atoms with Gasteiger partial charge >= 0.3 is 18.1 Å². The number of methoxy groups -OCH3 is 1. The Balaban J connectivity index is 3.08. The first-order valence-electron chi connectivity index (χ1n) is 8.89. The second-order valence-electron chi connectivity index (χ2n) is 7.11. The number of esters is 1. The third kappa shape index (κ3) is 7.30. The van der Waals surface area contributed by atoms with E-state index >= 15 is 0 Å². The molecular weight excluding hydrogens is 362 g/mol. The molecule has 0 bridgehead atoms. The maximum atomic E-state index is 13.1. The third-order valence-corrected chi connectivity index (χ3v) is 3.62. The summed E-state index contributed by atoms with van der Waals surface area (Å²) in [5.41, 5.74) is 2.51. The van der Waals surface area contributed by atoms with Crippen molar-refractivity contribution >= 4 is 18.1 Å². The zero-order chi connectivity index (χ0) is 21.3. The minimum atomic E-state index is -0.870. The Bertz CT molecular complexity index is 685. The highest BCUT2D eigenvalue weighted by Gasteiger charge is 2.31. The van der Waals surface area contributed by atoms with Crippen LogP contribution in [0.15, 0.2) is 43.0 Å². The summed E-state index contributed by atoms with van der Waals surface area (Å²) >= 11 is 0. The molecule has 8 nitrogen and oxygen atoms in total. The lowest BCUT2D eigenvalue weighted by molar-refractivity contribution is -0.145. The fraction of sp³-hybridized carbons (Fsp3) is 0.450. The Morgan fingerprint density at radius 2 is 1.82 bits per heavy atom. The summed E-state index contributed by atoms with van der Waals surface area (Å²) in [6, 6.07) is 7.74. The van der Waals surface area contributed by atoms with Crippen LogP contribution in [-0.4, -0.2) is 53.3 Å². The van der Waals surface area contributed by atoms with E-state index in [-0.39, 0.29) is 13.1 Å². The summed E-state index contributed by atoms with van der Waals surface area (Å²) in [6.45, 7) is 10.5. The molecule has 0 spiro atoms. The van der Waals surface area contributed by atoms with E-state index in [4.69, 9.17) is 9.47 Å². The lowest BCUT2D eigenvalue weighted by Crippen LogP contribution is -2.56. The van der Waals surface area contributed by atoms with Crippen LogP contribution in [0.2, 0.25) is 0 Å². The largest absolute Gasteiger partial charge is 0.467 e. The molecule has 1 rings (SSSR count). The van der Waals surface area contributed by atoms with E-state index in [2.05, 4.69) is 12.0 Å². The van der Waals surface area contributed by atoms with Crippen LogP contribution in [0.5, 0.6) is 0 Å². The van der Waals surface area contributed by atoms with Gasteiger partial charge in [0.1, 0.15) is 11.6 Å². The quantitative estimate of drug-likeness (QED) is 0.457. The van der Waals surface area contributed by atoms with Gasteiger partial charge in [-0.05, 0) is 33.3 Å². The van der Waals surface area contributed by atoms with Gasteiger partial charge in [0.15, 0.2) is 0 Å². The number of amides is 3. The predicted molar refractivity (Wildman–Crippen MR) is 105 cm³/mol. The van der Waals surface area contributed by atoms with Gasteiger partial charge in [-0.1, -0.05) is 36.4 Å². The maximum absolute atomic E-state index is 13.1. The second kappa shape index (κ2) is 10.3. The highest BCUT2D eigenvalue weighted by molar-refractivity contribution is 5.84. The lowest BCUT2D eigenvalue weighted by atomic mass is 10.2. The van der Waals surface area contributed by atoms with Crippen LogP contribution in [-0.2, 0) is 20.8 Å². The van der Waals surface area contributed by atoms with Crippen LogP contribution in [0.1, 0.15) is 33.3 Å². The fourth-order valence-electron chi connectivity index (χ4n) is 2.31. The molecule has 0 aliphatic rings. The van der Waals surface area contributed by atoms with Gasteiger partial charge in [0.2, 0.25) is 0 Å². The Labute approximate surface area is 166 Å². The van der Waals surface area contributed by atoms with Gasteiger partial charge in [-0.15, -0.1) is 6.58 Å². The van der Waals surface area contributed by atoms with Crippen molar-refractivity contribution in [1.82, 2.24) is 15.3 Å². The van der Waals surface area contributed by atoms with Gasteiger partial charge in [0, 0.05) is 6.54 Å². The van der Waals surface area contributed by atoms with Crippen LogP contribution in [0.25, 0.3) is 0 Å². The number of carbonyl (C=O) groups is 3. The number of rotatable bonds is 6. The number of benzene rings is 1. The number of carbonyl (C=O) groups excluding carboxylic acids is 3. The van der Waals surface area contributed by atoms with Crippen molar-refractivity contribution in [3.05, 3.63) is 48.6 Å². The molecule has 28 heavy (non-hydrogen) atoms. The van der Waals surface area contributed by atoms with Crippen molar-refractivity contribution in [3.63, 3.8) is 0 Å². The molecule has 0 aliphatic heterocycles. The molecule has 0 radical (unpaired) electrons. The monoisotopic (exact) mass is 391 g/mol. The van der Waals surface area contributed by atoms with E-state index < -0.39 is 29.7 Å². The molecule has 3 amide bonds. The summed E-state index contributed by atoms with van der Waals surface area (Å²) in [5.74, 6) is -0.569. The van der Waals surface area contributed by atoms with Crippen molar-refractivity contribution in [2.75, 3.05) is 13.7 Å². The Kier molecular flexibility index (Phi) is 8.50. The smallest absolute Gasteiger partial charge is 0.426 e. The van der Waals surface area contributed by atoms with Gasteiger partial charge < -0.3 is 14.4 Å². The van der Waals surface area contributed by atoms with Gasteiger partial charge in [-0.3, -0.25) is 0 Å². The molecule has 1 aromatic carbocycles. The topological polar surface area (TPSA) is 88.2 Å². The number of ether oxygens (including phenoxy) is 2. The van der Waals surface area contributed by atoms with E-state index in [1.807, 2.05) is 30.3 Å². The predicted octanol–water partition coefficient (Wildman–Crippen LogP) is 3.10. The van der Waals surface area contributed by atoms with Crippen molar-refractivity contribution in [1.29, 1.82) is 0 Å². The molecule has 0 aliphatic carbocycles. The number of hydrogen-bond acceptors (Lipinski definition) is 5. The zero-order valence-corrected chi connectivity index (χ0v) is 17.1. The first-order valence-corrected chi connectivity index (χ1v) is 8.89. The highest BCUT2D eigenvalue weighted by Crippen LogP contribution is 2.13. The second-order valence-corrected chi connectivity index (χ2v) is 7.11. The Morgan fingerprint density at radius 3 is 2.32 bits per heavy atom. The molecule has 0 saturated heterocycles. The maximum Gasteiger partial charge on any atom is 0.426 e. The molecule has 0 unspecified atom stereocenters. The van der Waals surface area contributed by atoms with Crippen LogP contribution < -0.4 is 5.43 Å². The molecule has 0 aromatic heterocycles. The minimum Gasteiger partial charge on any atom is -0.467 e. The van der Waals surface area contributed by atoms with Crippen LogP contribution >= 0.6 is 0 Å². The molecule has 0 saturated carbocycles. The molecule has 1 N–H and O–H groups in total. The van der Waals surface area contributed by atoms with Crippen molar-refractivity contribution in [2.45, 2.75) is 45.9 Å². The summed E-state index contributed by atoms with van der Waals surface area (Å²) in [7, 11) is 1.25. The van der Waals surface area contributed by atoms with Gasteiger partial charge in [0.25, 0.3) is 0 Å². The molecule has 8 heteroatoms. The SMILES string of the molecule is C=CCN(NC(=O)OC(C)(C)C)C(=O)N(Cc1ccccc1)[C@H](C)C(=O)OC. The molecule has 154 valence electrons. The van der Waals surface area contributed by atoms with E-state index in [1.54, 1.807) is 27.7 Å². The van der Waals surface area contributed by atoms with Crippen molar-refractivity contribution in [2.24, 2.45) is 0 Å². The third-order valence-electron chi connectivity index (χ3n) is 3.62. The molecule has 0 heterocycles. The van der Waals surface area contributed by atoms with E-state index in [9.17, 15) is 14.4 Å². The lowest BCUT2D eigenvalue weighted by Gasteiger charge is -2.33. The molecule has 0 fully saturated rings. The van der Waals surface area contributed by atoms with E-state index in [0.29, 0.717) is 0 Å². The van der Waals surface area contributed by atoms with Gasteiger partial charge in [-0.2, -0.15) is 0 Å². The summed E-state index contributed by atoms with van der Waals surface area (Å²) in [6.07, 6.45) is 0.673. The summed E-state index contributed by atoms with van der Waals surface area (Å²) in [4.78, 5) is 38.6. The van der Waals surface area contributed by atoms with Crippen LogP contribution in [0, 0.1) is 0 Å². The first-order chi connectivity index (χ1) is 13.1. The van der Waals surface area contributed by atoms with Crippen molar-refractivity contribution < 1.29 is 23.9 Å². The van der Waals surface area contributed by atoms with E-state index in [0.717, 1.165) is 10.6 Å². The number of urea groups is 1. The van der Waals surface area contributed by atoms with Crippen LogP contribution in [0.4, 0.5) is 9.59 Å². The normalized spacial score (nSPS) is 11.8. The first kappa shape index (κ1) is 23.0. The summed E-state index contributed by atoms with van der Waals surface area (Å²) < 4.78 is 9.99. The fourth-order valence-corrected chi connectivity index (χ4v) is 2.31.